The molecule has 1 aliphatic rings. The van der Waals surface area contributed by atoms with Gasteiger partial charge in [0.1, 0.15) is 5.82 Å². The van der Waals surface area contributed by atoms with E-state index in [0.29, 0.717) is 28.6 Å². The molecule has 1 heterocycles. The van der Waals surface area contributed by atoms with Crippen LogP contribution in [0, 0.1) is 24.0 Å². The molecular formula is C20H19N5O3. The normalized spacial score (nSPS) is 13.4. The zero-order chi connectivity index (χ0) is 19.8. The molecule has 8 nitrogen and oxygen atoms in total. The Morgan fingerprint density at radius 3 is 2.71 bits per heavy atom. The smallest absolute Gasteiger partial charge is 0.273 e. The summed E-state index contributed by atoms with van der Waals surface area (Å²) in [5.41, 5.74) is 2.92. The third kappa shape index (κ3) is 3.48. The van der Waals surface area contributed by atoms with E-state index in [4.69, 9.17) is 0 Å². The van der Waals surface area contributed by atoms with Crippen LogP contribution in [0.3, 0.4) is 0 Å². The number of carbonyl (C=O) groups is 1. The van der Waals surface area contributed by atoms with Gasteiger partial charge < -0.3 is 5.32 Å². The van der Waals surface area contributed by atoms with Crippen molar-refractivity contribution in [3.8, 4) is 11.4 Å². The molecule has 0 spiro atoms. The SMILES string of the molecule is Cc1ccc(NC(=O)c2ccc(C)c([N+](=O)[O-])c2)c(-c2n[nH]c(C3CC3)n2)c1. The number of hydrogen-bond donors (Lipinski definition) is 2. The van der Waals surface area contributed by atoms with Crippen LogP contribution in [0.1, 0.15) is 46.1 Å². The Morgan fingerprint density at radius 2 is 2.00 bits per heavy atom. The largest absolute Gasteiger partial charge is 0.321 e. The summed E-state index contributed by atoms with van der Waals surface area (Å²) >= 11 is 0. The van der Waals surface area contributed by atoms with Crippen LogP contribution >= 0.6 is 0 Å². The number of aromatic nitrogens is 3. The van der Waals surface area contributed by atoms with E-state index in [1.165, 1.54) is 6.07 Å². The molecule has 2 aromatic carbocycles. The maximum absolute atomic E-state index is 12.7. The lowest BCUT2D eigenvalue weighted by Gasteiger charge is -2.10. The topological polar surface area (TPSA) is 114 Å². The third-order valence-electron chi connectivity index (χ3n) is 4.80. The average Bonchev–Trinajstić information content (AvgIpc) is 3.40. The predicted octanol–water partition coefficient (Wildman–Crippen LogP) is 4.13. The van der Waals surface area contributed by atoms with Crippen molar-refractivity contribution in [1.29, 1.82) is 0 Å². The number of anilines is 1. The van der Waals surface area contributed by atoms with Gasteiger partial charge in [-0.3, -0.25) is 20.0 Å². The molecule has 0 atom stereocenters. The summed E-state index contributed by atoms with van der Waals surface area (Å²) in [6, 6.07) is 10.0. The quantitative estimate of drug-likeness (QED) is 0.513. The van der Waals surface area contributed by atoms with Crippen LogP contribution < -0.4 is 5.32 Å². The highest BCUT2D eigenvalue weighted by atomic mass is 16.6. The minimum Gasteiger partial charge on any atom is -0.321 e. The number of nitrogens with zero attached hydrogens (tertiary/aromatic N) is 3. The number of benzene rings is 2. The van der Waals surface area contributed by atoms with Crippen LogP contribution in [-0.4, -0.2) is 26.0 Å². The van der Waals surface area contributed by atoms with E-state index in [1.54, 1.807) is 25.1 Å². The van der Waals surface area contributed by atoms with Crippen molar-refractivity contribution in [2.24, 2.45) is 0 Å². The number of amides is 1. The number of aromatic amines is 1. The fraction of sp³-hybridized carbons (Fsp3) is 0.250. The van der Waals surface area contributed by atoms with E-state index < -0.39 is 10.8 Å². The van der Waals surface area contributed by atoms with Gasteiger partial charge in [-0.2, -0.15) is 5.10 Å². The van der Waals surface area contributed by atoms with Crippen LogP contribution in [0.15, 0.2) is 36.4 Å². The molecule has 0 radical (unpaired) electrons. The zero-order valence-corrected chi connectivity index (χ0v) is 15.5. The van der Waals surface area contributed by atoms with Gasteiger partial charge in [-0.25, -0.2) is 4.98 Å². The van der Waals surface area contributed by atoms with Crippen molar-refractivity contribution in [1.82, 2.24) is 15.2 Å². The molecule has 1 amide bonds. The van der Waals surface area contributed by atoms with Crippen LogP contribution in [0.5, 0.6) is 0 Å². The summed E-state index contributed by atoms with van der Waals surface area (Å²) in [6.07, 6.45) is 2.22. The molecule has 3 aromatic rings. The molecule has 1 aromatic heterocycles. The molecular weight excluding hydrogens is 358 g/mol. The highest BCUT2D eigenvalue weighted by Gasteiger charge is 2.27. The van der Waals surface area contributed by atoms with Gasteiger partial charge >= 0.3 is 0 Å². The van der Waals surface area contributed by atoms with Gasteiger partial charge in [-0.05, 0) is 44.9 Å². The Morgan fingerprint density at radius 1 is 1.21 bits per heavy atom. The van der Waals surface area contributed by atoms with E-state index >= 15 is 0 Å². The average molecular weight is 377 g/mol. The predicted molar refractivity (Wildman–Crippen MR) is 104 cm³/mol. The summed E-state index contributed by atoms with van der Waals surface area (Å²) in [7, 11) is 0. The van der Waals surface area contributed by atoms with Gasteiger partial charge in [-0.15, -0.1) is 0 Å². The van der Waals surface area contributed by atoms with Gasteiger partial charge in [0.2, 0.25) is 0 Å². The van der Waals surface area contributed by atoms with Gasteiger partial charge in [0, 0.05) is 28.7 Å². The van der Waals surface area contributed by atoms with Gasteiger partial charge in [0.25, 0.3) is 11.6 Å². The number of carbonyl (C=O) groups excluding carboxylic acids is 1. The molecule has 8 heteroatoms. The van der Waals surface area contributed by atoms with Crippen LogP contribution in [-0.2, 0) is 0 Å². The van der Waals surface area contributed by atoms with Crippen LogP contribution in [0.25, 0.3) is 11.4 Å². The number of nitro groups is 1. The second-order valence-corrected chi connectivity index (χ2v) is 7.08. The van der Waals surface area contributed by atoms with Crippen molar-refractivity contribution >= 4 is 17.3 Å². The molecule has 1 fully saturated rings. The van der Waals surface area contributed by atoms with Crippen molar-refractivity contribution in [3.63, 3.8) is 0 Å². The van der Waals surface area contributed by atoms with Crippen molar-refractivity contribution in [2.75, 3.05) is 5.32 Å². The molecule has 0 bridgehead atoms. The molecule has 28 heavy (non-hydrogen) atoms. The van der Waals surface area contributed by atoms with Gasteiger partial charge in [0.15, 0.2) is 5.82 Å². The summed E-state index contributed by atoms with van der Waals surface area (Å²) in [4.78, 5) is 27.9. The Hall–Kier alpha value is -3.55. The summed E-state index contributed by atoms with van der Waals surface area (Å²) in [5, 5.41) is 21.3. The first-order valence-corrected chi connectivity index (χ1v) is 9.02. The summed E-state index contributed by atoms with van der Waals surface area (Å²) < 4.78 is 0. The minimum atomic E-state index is -0.490. The van der Waals surface area contributed by atoms with Crippen LogP contribution in [0.4, 0.5) is 11.4 Å². The molecule has 2 N–H and O–H groups in total. The van der Waals surface area contributed by atoms with Crippen LogP contribution in [0.2, 0.25) is 0 Å². The standard InChI is InChI=1S/C20H19N5O3/c1-11-3-8-16(15(9-11)19-22-18(23-24-19)13-6-7-13)21-20(26)14-5-4-12(2)17(10-14)25(27)28/h3-5,8-10,13H,6-7H2,1-2H3,(H,21,26)(H,22,23,24). The van der Waals surface area contributed by atoms with E-state index in [-0.39, 0.29) is 11.3 Å². The minimum absolute atomic E-state index is 0.0835. The molecule has 1 aliphatic carbocycles. The molecule has 4 rings (SSSR count). The number of nitro benzene ring substituents is 1. The lowest BCUT2D eigenvalue weighted by atomic mass is 10.1. The van der Waals surface area contributed by atoms with E-state index in [2.05, 4.69) is 20.5 Å². The Balaban J connectivity index is 1.65. The second-order valence-electron chi connectivity index (χ2n) is 7.08. The molecule has 0 aliphatic heterocycles. The van der Waals surface area contributed by atoms with E-state index in [9.17, 15) is 14.9 Å². The first kappa shape index (κ1) is 17.8. The van der Waals surface area contributed by atoms with Crippen molar-refractivity contribution in [3.05, 3.63) is 69.0 Å². The van der Waals surface area contributed by atoms with Gasteiger partial charge in [-0.1, -0.05) is 17.7 Å². The first-order valence-electron chi connectivity index (χ1n) is 9.02. The maximum atomic E-state index is 12.7. The Labute approximate surface area is 161 Å². The highest BCUT2D eigenvalue weighted by Crippen LogP contribution is 2.39. The lowest BCUT2D eigenvalue weighted by molar-refractivity contribution is -0.385. The summed E-state index contributed by atoms with van der Waals surface area (Å²) in [5.74, 6) is 1.40. The lowest BCUT2D eigenvalue weighted by Crippen LogP contribution is -2.13. The number of H-pyrrole nitrogens is 1. The molecule has 0 saturated heterocycles. The van der Waals surface area contributed by atoms with E-state index in [1.807, 2.05) is 19.1 Å². The van der Waals surface area contributed by atoms with Crippen molar-refractivity contribution < 1.29 is 9.72 Å². The third-order valence-corrected chi connectivity index (χ3v) is 4.80. The number of rotatable bonds is 5. The second kappa shape index (κ2) is 6.88. The number of aryl methyl sites for hydroxylation is 2. The van der Waals surface area contributed by atoms with E-state index in [0.717, 1.165) is 24.2 Å². The number of nitrogens with one attached hydrogen (secondary N) is 2. The monoisotopic (exact) mass is 377 g/mol. The Kier molecular flexibility index (Phi) is 4.38. The fourth-order valence-electron chi connectivity index (χ4n) is 3.03. The zero-order valence-electron chi connectivity index (χ0n) is 15.5. The first-order chi connectivity index (χ1) is 13.4. The highest BCUT2D eigenvalue weighted by molar-refractivity contribution is 6.06. The maximum Gasteiger partial charge on any atom is 0.273 e. The number of hydrogen-bond acceptors (Lipinski definition) is 5. The molecule has 142 valence electrons. The fourth-order valence-corrected chi connectivity index (χ4v) is 3.03. The summed E-state index contributed by atoms with van der Waals surface area (Å²) in [6.45, 7) is 3.59. The molecule has 0 unspecified atom stereocenters. The Bertz CT molecular complexity index is 1090. The molecule has 1 saturated carbocycles. The van der Waals surface area contributed by atoms with Crippen molar-refractivity contribution in [2.45, 2.75) is 32.6 Å². The van der Waals surface area contributed by atoms with Gasteiger partial charge in [0.05, 0.1) is 10.6 Å².